The largest absolute Gasteiger partial charge is 0.396 e. The number of hydrogen-bond donors (Lipinski definition) is 4. The number of carbonyl (C=O) groups is 1. The number of aryl methyl sites for hydroxylation is 1. The molecule has 9 nitrogen and oxygen atoms in total. The number of amides is 1. The van der Waals surface area contributed by atoms with Crippen LogP contribution >= 0.6 is 11.8 Å². The molecule has 0 aromatic heterocycles. The maximum absolute atomic E-state index is 13.7. The van der Waals surface area contributed by atoms with Gasteiger partial charge in [0.05, 0.1) is 30.3 Å². The van der Waals surface area contributed by atoms with Gasteiger partial charge in [-0.25, -0.2) is 8.42 Å². The van der Waals surface area contributed by atoms with Gasteiger partial charge in [-0.05, 0) is 71.0 Å². The number of hydrogen-bond acceptors (Lipinski definition) is 8. The second-order valence-corrected chi connectivity index (χ2v) is 16.7. The summed E-state index contributed by atoms with van der Waals surface area (Å²) in [5.74, 6) is 0.944. The van der Waals surface area contributed by atoms with Crippen molar-refractivity contribution in [2.45, 2.75) is 62.9 Å². The minimum absolute atomic E-state index is 0.0290. The Bertz CT molecular complexity index is 2110. The molecule has 1 heterocycles. The molecule has 0 radical (unpaired) electrons. The standard InChI is InChI=1S/C44H48N2O7S2/c1-30-14-20-39(21-15-30)55(50,51)46-40(25-32-8-4-3-5-9-32)43(49)45-27-34-10-6-11-36(24-34)37-12-7-13-38(26-37)44-52-41(29-54-23-22-47)31(2)42(53-44)35-18-16-33(28-48)17-19-35/h3-21,24,26,31,40-42,44,46-48H,22-23,25,27-29H2,1-2H3,(H,45,49)/t31-,40-,41+,42+,44+/m1/s1. The van der Waals surface area contributed by atoms with Crippen molar-refractivity contribution in [3.8, 4) is 11.1 Å². The first kappa shape index (κ1) is 40.3. The first-order valence-corrected chi connectivity index (χ1v) is 21.1. The third kappa shape index (κ3) is 10.7. The summed E-state index contributed by atoms with van der Waals surface area (Å²) in [5, 5.41) is 21.9. The van der Waals surface area contributed by atoms with E-state index in [1.807, 2.05) is 104 Å². The summed E-state index contributed by atoms with van der Waals surface area (Å²) >= 11 is 1.65. The molecule has 4 N–H and O–H groups in total. The molecule has 0 aliphatic carbocycles. The second-order valence-electron chi connectivity index (χ2n) is 13.8. The summed E-state index contributed by atoms with van der Waals surface area (Å²) in [6.45, 7) is 4.27. The maximum Gasteiger partial charge on any atom is 0.241 e. The predicted molar refractivity (Wildman–Crippen MR) is 217 cm³/mol. The Labute approximate surface area is 328 Å². The van der Waals surface area contributed by atoms with Gasteiger partial charge in [0.1, 0.15) is 6.04 Å². The Morgan fingerprint density at radius 2 is 1.47 bits per heavy atom. The second kappa shape index (κ2) is 19.0. The van der Waals surface area contributed by atoms with Crippen molar-refractivity contribution in [2.75, 3.05) is 18.1 Å². The lowest BCUT2D eigenvalue weighted by molar-refractivity contribution is -0.268. The van der Waals surface area contributed by atoms with E-state index >= 15 is 0 Å². The van der Waals surface area contributed by atoms with Gasteiger partial charge in [-0.15, -0.1) is 0 Å². The molecule has 0 saturated carbocycles. The predicted octanol–water partition coefficient (Wildman–Crippen LogP) is 6.88. The fourth-order valence-electron chi connectivity index (χ4n) is 6.62. The summed E-state index contributed by atoms with van der Waals surface area (Å²) in [5.41, 5.74) is 7.20. The highest BCUT2D eigenvalue weighted by Gasteiger charge is 2.38. The van der Waals surface area contributed by atoms with E-state index in [0.29, 0.717) is 11.5 Å². The smallest absolute Gasteiger partial charge is 0.241 e. The zero-order valence-electron chi connectivity index (χ0n) is 31.0. The van der Waals surface area contributed by atoms with Crippen molar-refractivity contribution in [3.63, 3.8) is 0 Å². The average Bonchev–Trinajstić information content (AvgIpc) is 3.21. The molecular weight excluding hydrogens is 733 g/mol. The molecule has 5 aromatic carbocycles. The Balaban J connectivity index is 1.18. The van der Waals surface area contributed by atoms with Crippen LogP contribution in [0.4, 0.5) is 0 Å². The Morgan fingerprint density at radius 3 is 2.18 bits per heavy atom. The Hall–Kier alpha value is -4.33. The van der Waals surface area contributed by atoms with Crippen molar-refractivity contribution in [1.82, 2.24) is 10.0 Å². The molecule has 288 valence electrons. The van der Waals surface area contributed by atoms with Gasteiger partial charge >= 0.3 is 0 Å². The van der Waals surface area contributed by atoms with E-state index in [4.69, 9.17) is 9.47 Å². The van der Waals surface area contributed by atoms with Crippen LogP contribution in [0.3, 0.4) is 0 Å². The highest BCUT2D eigenvalue weighted by Crippen LogP contribution is 2.43. The van der Waals surface area contributed by atoms with Gasteiger partial charge in [-0.2, -0.15) is 16.5 Å². The van der Waals surface area contributed by atoms with Crippen molar-refractivity contribution in [1.29, 1.82) is 0 Å². The number of rotatable bonds is 16. The van der Waals surface area contributed by atoms with Crippen LogP contribution in [-0.2, 0) is 43.9 Å². The third-order valence-electron chi connectivity index (χ3n) is 9.75. The highest BCUT2D eigenvalue weighted by molar-refractivity contribution is 7.99. The first-order valence-electron chi connectivity index (χ1n) is 18.4. The van der Waals surface area contributed by atoms with Crippen LogP contribution in [0.25, 0.3) is 11.1 Å². The topological polar surface area (TPSA) is 134 Å². The van der Waals surface area contributed by atoms with Gasteiger partial charge in [0, 0.05) is 29.5 Å². The van der Waals surface area contributed by atoms with E-state index in [-0.39, 0.29) is 49.2 Å². The molecule has 55 heavy (non-hydrogen) atoms. The van der Waals surface area contributed by atoms with Crippen molar-refractivity contribution < 1.29 is 32.9 Å². The molecule has 1 fully saturated rings. The summed E-state index contributed by atoms with van der Waals surface area (Å²) in [6.07, 6.45) is -0.815. The van der Waals surface area contributed by atoms with Crippen molar-refractivity contribution >= 4 is 27.7 Å². The van der Waals surface area contributed by atoms with Gasteiger partial charge in [0.25, 0.3) is 0 Å². The fraction of sp³-hybridized carbons (Fsp3) is 0.295. The molecular formula is C44H48N2O7S2. The first-order chi connectivity index (χ1) is 26.6. The van der Waals surface area contributed by atoms with E-state index < -0.39 is 28.3 Å². The van der Waals surface area contributed by atoms with Crippen molar-refractivity contribution in [2.24, 2.45) is 5.92 Å². The van der Waals surface area contributed by atoms with E-state index in [0.717, 1.165) is 44.5 Å². The number of aliphatic hydroxyl groups excluding tert-OH is 2. The van der Waals surface area contributed by atoms with Crippen LogP contribution < -0.4 is 10.0 Å². The van der Waals surface area contributed by atoms with E-state index in [1.54, 1.807) is 23.9 Å². The van der Waals surface area contributed by atoms with Crippen LogP contribution in [0, 0.1) is 12.8 Å². The summed E-state index contributed by atoms with van der Waals surface area (Å²) in [4.78, 5) is 13.8. The average molecular weight is 781 g/mol. The summed E-state index contributed by atoms with van der Waals surface area (Å²) < 4.78 is 42.6. The molecule has 1 amide bonds. The molecule has 1 saturated heterocycles. The van der Waals surface area contributed by atoms with Crippen LogP contribution in [0.5, 0.6) is 0 Å². The van der Waals surface area contributed by atoms with E-state index in [1.165, 1.54) is 12.1 Å². The number of nitrogens with one attached hydrogen (secondary N) is 2. The van der Waals surface area contributed by atoms with Gasteiger partial charge in [-0.3, -0.25) is 4.79 Å². The molecule has 0 bridgehead atoms. The van der Waals surface area contributed by atoms with Crippen LogP contribution in [0.2, 0.25) is 0 Å². The van der Waals surface area contributed by atoms with Gasteiger partial charge in [0.15, 0.2) is 6.29 Å². The zero-order chi connectivity index (χ0) is 38.8. The minimum atomic E-state index is -3.97. The van der Waals surface area contributed by atoms with E-state index in [2.05, 4.69) is 23.0 Å². The molecule has 5 aromatic rings. The maximum atomic E-state index is 13.7. The van der Waals surface area contributed by atoms with Gasteiger partial charge in [0.2, 0.25) is 15.9 Å². The summed E-state index contributed by atoms with van der Waals surface area (Å²) in [7, 11) is -3.97. The highest BCUT2D eigenvalue weighted by atomic mass is 32.2. The number of ether oxygens (including phenoxy) is 2. The molecule has 1 aliphatic heterocycles. The number of benzene rings is 5. The van der Waals surface area contributed by atoms with E-state index in [9.17, 15) is 23.4 Å². The van der Waals surface area contributed by atoms with Crippen molar-refractivity contribution in [3.05, 3.63) is 161 Å². The molecule has 11 heteroatoms. The normalized spacial score (nSPS) is 19.1. The molecule has 1 aliphatic rings. The lowest BCUT2D eigenvalue weighted by Gasteiger charge is -2.41. The lowest BCUT2D eigenvalue weighted by Crippen LogP contribution is -2.47. The van der Waals surface area contributed by atoms with Crippen LogP contribution in [-0.4, -0.2) is 54.8 Å². The quantitative estimate of drug-likeness (QED) is 0.0798. The number of sulfonamides is 1. The Kier molecular flexibility index (Phi) is 13.9. The zero-order valence-corrected chi connectivity index (χ0v) is 32.6. The SMILES string of the molecule is Cc1ccc(S(=O)(=O)N[C@H](Cc2ccccc2)C(=O)NCc2cccc(-c3cccc([C@H]4O[C@@H](CSCCO)[C@@H](C)[C@@H](c5ccc(CO)cc5)O4)c3)c2)cc1. The number of aliphatic hydroxyl groups is 2. The molecule has 0 spiro atoms. The van der Waals surface area contributed by atoms with Gasteiger partial charge in [-0.1, -0.05) is 116 Å². The number of thioether (sulfide) groups is 1. The fourth-order valence-corrected chi connectivity index (χ4v) is 8.73. The Morgan fingerprint density at radius 1 is 0.782 bits per heavy atom. The summed E-state index contributed by atoms with van der Waals surface area (Å²) in [6, 6.07) is 38.5. The molecule has 0 unspecified atom stereocenters. The van der Waals surface area contributed by atoms with Crippen LogP contribution in [0.1, 0.15) is 52.7 Å². The number of carbonyl (C=O) groups excluding carboxylic acids is 1. The third-order valence-corrected chi connectivity index (χ3v) is 12.3. The molecule has 5 atom stereocenters. The molecule has 6 rings (SSSR count). The lowest BCUT2D eigenvalue weighted by atomic mass is 9.91. The van der Waals surface area contributed by atoms with Gasteiger partial charge < -0.3 is 25.0 Å². The monoisotopic (exact) mass is 780 g/mol. The van der Waals surface area contributed by atoms with Crippen LogP contribution in [0.15, 0.2) is 132 Å². The minimum Gasteiger partial charge on any atom is -0.396 e.